The molecule has 0 saturated heterocycles. The molecule has 0 bridgehead atoms. The average molecular weight is 702 g/mol. The van der Waals surface area contributed by atoms with Gasteiger partial charge in [0.1, 0.15) is 18.1 Å². The molecule has 0 amide bonds. The molecule has 5 rings (SSSR count). The topological polar surface area (TPSA) is 103 Å². The fourth-order valence-corrected chi connectivity index (χ4v) is 5.57. The molecule has 0 atom stereocenters. The van der Waals surface area contributed by atoms with Crippen molar-refractivity contribution in [1.82, 2.24) is 9.66 Å². The van der Waals surface area contributed by atoms with Gasteiger partial charge in [0.15, 0.2) is 5.82 Å². The number of benzene rings is 4. The molecule has 0 aliphatic heterocycles. The third-order valence-electron chi connectivity index (χ3n) is 7.12. The van der Waals surface area contributed by atoms with E-state index in [0.29, 0.717) is 29.1 Å². The number of fused-ring (bicyclic) bond motifs is 1. The van der Waals surface area contributed by atoms with E-state index >= 15 is 0 Å². The molecule has 0 spiro atoms. The molecule has 0 radical (unpaired) electrons. The second-order valence-electron chi connectivity index (χ2n) is 10.6. The van der Waals surface area contributed by atoms with Crippen molar-refractivity contribution in [2.45, 2.75) is 40.2 Å². The summed E-state index contributed by atoms with van der Waals surface area (Å²) >= 11 is 2.18. The van der Waals surface area contributed by atoms with Crippen LogP contribution in [0.1, 0.15) is 59.3 Å². The standard InChI is InChI=1S/C35H32IN3O5/c1-5-43-32-15-22(4)28(18-27(32)21(2)3)33-38-30-12-7-6-11-26(30)34(40)39(33)37-19-23-13-14-31(29(36)17-23)44-20-24-9-8-10-25(16-24)35(41)42/h6-19,21H,5,20H2,1-4H3,(H,41,42). The van der Waals surface area contributed by atoms with E-state index in [9.17, 15) is 14.7 Å². The van der Waals surface area contributed by atoms with Crippen LogP contribution in [-0.4, -0.2) is 33.6 Å². The first-order chi connectivity index (χ1) is 21.2. The Hall–Kier alpha value is -4.51. The van der Waals surface area contributed by atoms with E-state index in [-0.39, 0.29) is 23.6 Å². The van der Waals surface area contributed by atoms with Crippen LogP contribution in [0.4, 0.5) is 0 Å². The normalized spacial score (nSPS) is 11.4. The molecule has 224 valence electrons. The lowest BCUT2D eigenvalue weighted by molar-refractivity contribution is 0.0696. The van der Waals surface area contributed by atoms with Gasteiger partial charge in [-0.1, -0.05) is 38.1 Å². The van der Waals surface area contributed by atoms with Crippen LogP contribution in [0.15, 0.2) is 88.8 Å². The number of carboxylic acids is 1. The first kappa shape index (κ1) is 30.9. The molecule has 0 aliphatic carbocycles. The van der Waals surface area contributed by atoms with Crippen LogP contribution < -0.4 is 15.0 Å². The van der Waals surface area contributed by atoms with Gasteiger partial charge in [-0.2, -0.15) is 9.78 Å². The maximum absolute atomic E-state index is 13.8. The van der Waals surface area contributed by atoms with Gasteiger partial charge >= 0.3 is 5.97 Å². The maximum Gasteiger partial charge on any atom is 0.335 e. The van der Waals surface area contributed by atoms with Gasteiger partial charge < -0.3 is 14.6 Å². The highest BCUT2D eigenvalue weighted by Crippen LogP contribution is 2.34. The Morgan fingerprint density at radius 2 is 1.82 bits per heavy atom. The number of hydrogen-bond acceptors (Lipinski definition) is 6. The summed E-state index contributed by atoms with van der Waals surface area (Å²) in [5, 5.41) is 14.4. The van der Waals surface area contributed by atoms with Crippen molar-refractivity contribution in [3.05, 3.63) is 121 Å². The summed E-state index contributed by atoms with van der Waals surface area (Å²) in [6.45, 7) is 8.95. The lowest BCUT2D eigenvalue weighted by Gasteiger charge is -2.18. The molecule has 1 aromatic heterocycles. The van der Waals surface area contributed by atoms with Gasteiger partial charge in [-0.05, 0) is 119 Å². The molecule has 1 N–H and O–H groups in total. The van der Waals surface area contributed by atoms with Gasteiger partial charge in [0.2, 0.25) is 0 Å². The number of carboxylic acid groups (broad SMARTS) is 1. The van der Waals surface area contributed by atoms with E-state index in [2.05, 4.69) is 47.6 Å². The van der Waals surface area contributed by atoms with E-state index in [1.807, 2.05) is 62.4 Å². The van der Waals surface area contributed by atoms with Crippen molar-refractivity contribution in [1.29, 1.82) is 0 Å². The lowest BCUT2D eigenvalue weighted by atomic mass is 9.96. The Kier molecular flexibility index (Phi) is 9.43. The zero-order valence-electron chi connectivity index (χ0n) is 24.9. The number of halogens is 1. The number of carbonyl (C=O) groups is 1. The van der Waals surface area contributed by atoms with Crippen LogP contribution in [0.5, 0.6) is 11.5 Å². The van der Waals surface area contributed by atoms with Crippen LogP contribution in [-0.2, 0) is 6.61 Å². The number of aryl methyl sites for hydroxylation is 1. The summed E-state index contributed by atoms with van der Waals surface area (Å²) in [5.41, 5.74) is 4.84. The van der Waals surface area contributed by atoms with E-state index < -0.39 is 5.97 Å². The summed E-state index contributed by atoms with van der Waals surface area (Å²) in [5.74, 6) is 1.15. The van der Waals surface area contributed by atoms with E-state index in [1.54, 1.807) is 30.5 Å². The lowest BCUT2D eigenvalue weighted by Crippen LogP contribution is -2.21. The fraction of sp³-hybridized carbons (Fsp3) is 0.200. The van der Waals surface area contributed by atoms with Gasteiger partial charge in [0, 0.05) is 5.56 Å². The van der Waals surface area contributed by atoms with Crippen molar-refractivity contribution in [2.24, 2.45) is 5.10 Å². The smallest absolute Gasteiger partial charge is 0.335 e. The van der Waals surface area contributed by atoms with Crippen LogP contribution in [0.25, 0.3) is 22.3 Å². The Balaban J connectivity index is 1.51. The summed E-state index contributed by atoms with van der Waals surface area (Å²) in [7, 11) is 0. The molecule has 1 heterocycles. The Bertz CT molecular complexity index is 1950. The van der Waals surface area contributed by atoms with Crippen LogP contribution in [0, 0.1) is 10.5 Å². The molecule has 44 heavy (non-hydrogen) atoms. The fourth-order valence-electron chi connectivity index (χ4n) is 4.87. The molecular formula is C35H32IN3O5. The van der Waals surface area contributed by atoms with E-state index in [0.717, 1.165) is 37.1 Å². The number of nitrogens with zero attached hydrogens (tertiary/aromatic N) is 3. The third-order valence-corrected chi connectivity index (χ3v) is 7.96. The predicted octanol–water partition coefficient (Wildman–Crippen LogP) is 7.66. The summed E-state index contributed by atoms with van der Waals surface area (Å²) < 4.78 is 14.1. The summed E-state index contributed by atoms with van der Waals surface area (Å²) in [4.78, 5) is 30.0. The number of rotatable bonds is 10. The summed E-state index contributed by atoms with van der Waals surface area (Å²) in [6.07, 6.45) is 1.64. The van der Waals surface area contributed by atoms with E-state index in [1.165, 1.54) is 4.68 Å². The monoisotopic (exact) mass is 701 g/mol. The first-order valence-electron chi connectivity index (χ1n) is 14.2. The highest BCUT2D eigenvalue weighted by molar-refractivity contribution is 14.1. The van der Waals surface area contributed by atoms with Crippen LogP contribution >= 0.6 is 22.6 Å². The molecule has 0 fully saturated rings. The minimum Gasteiger partial charge on any atom is -0.494 e. The highest BCUT2D eigenvalue weighted by Gasteiger charge is 2.18. The van der Waals surface area contributed by atoms with Gasteiger partial charge in [-0.15, -0.1) is 0 Å². The van der Waals surface area contributed by atoms with Crippen molar-refractivity contribution in [3.63, 3.8) is 0 Å². The minimum absolute atomic E-state index is 0.198. The van der Waals surface area contributed by atoms with Gasteiger partial charge in [0.25, 0.3) is 5.56 Å². The number of ether oxygens (including phenoxy) is 2. The molecule has 0 saturated carbocycles. The van der Waals surface area contributed by atoms with Crippen LogP contribution in [0.2, 0.25) is 0 Å². The predicted molar refractivity (Wildman–Crippen MR) is 181 cm³/mol. The van der Waals surface area contributed by atoms with Crippen molar-refractivity contribution >= 4 is 45.7 Å². The first-order valence-corrected chi connectivity index (χ1v) is 15.3. The van der Waals surface area contributed by atoms with Crippen molar-refractivity contribution in [3.8, 4) is 22.9 Å². The average Bonchev–Trinajstić information content (AvgIpc) is 3.00. The third kappa shape index (κ3) is 6.67. The number of hydrogen-bond donors (Lipinski definition) is 1. The number of aromatic carboxylic acids is 1. The largest absolute Gasteiger partial charge is 0.494 e. The minimum atomic E-state index is -0.980. The Labute approximate surface area is 269 Å². The van der Waals surface area contributed by atoms with Gasteiger partial charge in [-0.3, -0.25) is 4.79 Å². The maximum atomic E-state index is 13.8. The molecular weight excluding hydrogens is 669 g/mol. The molecule has 4 aromatic carbocycles. The molecule has 8 nitrogen and oxygen atoms in total. The van der Waals surface area contributed by atoms with E-state index in [4.69, 9.17) is 14.5 Å². The number of aromatic nitrogens is 2. The zero-order valence-corrected chi connectivity index (χ0v) is 27.0. The quantitative estimate of drug-likeness (QED) is 0.119. The Morgan fingerprint density at radius 1 is 1.02 bits per heavy atom. The van der Waals surface area contributed by atoms with Gasteiger partial charge in [-0.25, -0.2) is 9.78 Å². The second kappa shape index (κ2) is 13.4. The number of para-hydroxylation sites is 1. The van der Waals surface area contributed by atoms with Crippen LogP contribution in [0.3, 0.4) is 0 Å². The van der Waals surface area contributed by atoms with Crippen molar-refractivity contribution < 1.29 is 19.4 Å². The summed E-state index contributed by atoms with van der Waals surface area (Å²) in [6, 6.07) is 23.6. The molecule has 5 aromatic rings. The molecule has 0 aliphatic rings. The Morgan fingerprint density at radius 3 is 2.55 bits per heavy atom. The SMILES string of the molecule is CCOc1cc(C)c(-c2nc3ccccc3c(=O)n2N=Cc2ccc(OCc3cccc(C(=O)O)c3)c(I)c2)cc1C(C)C. The molecule has 9 heteroatoms. The highest BCUT2D eigenvalue weighted by atomic mass is 127. The van der Waals surface area contributed by atoms with Gasteiger partial charge in [0.05, 0.1) is 32.9 Å². The van der Waals surface area contributed by atoms with Crippen molar-refractivity contribution in [2.75, 3.05) is 6.61 Å². The second-order valence-corrected chi connectivity index (χ2v) is 11.8. The molecule has 0 unspecified atom stereocenters. The zero-order chi connectivity index (χ0) is 31.4.